The molecule has 5 nitrogen and oxygen atoms in total. The number of nitrogens with zero attached hydrogens (tertiary/aromatic N) is 1. The van der Waals surface area contributed by atoms with Crippen LogP contribution in [0.2, 0.25) is 5.02 Å². The zero-order valence-electron chi connectivity index (χ0n) is 9.89. The molecule has 1 atom stereocenters. The minimum absolute atomic E-state index is 0.214. The molecule has 96 valence electrons. The number of rotatable bonds is 6. The van der Waals surface area contributed by atoms with Crippen LogP contribution in [0.1, 0.15) is 25.5 Å². The maximum absolute atomic E-state index is 10.1. The fourth-order valence-electron chi connectivity index (χ4n) is 1.41. The molecule has 0 fully saturated rings. The summed E-state index contributed by atoms with van der Waals surface area (Å²) in [5, 5.41) is 10.5. The number of aliphatic hydroxyl groups excluding tert-OH is 1. The first-order chi connectivity index (χ1) is 8.10. The molecule has 1 aromatic heterocycles. The summed E-state index contributed by atoms with van der Waals surface area (Å²) in [6.45, 7) is 4.49. The van der Waals surface area contributed by atoms with E-state index in [1.54, 1.807) is 6.07 Å². The van der Waals surface area contributed by atoms with Crippen molar-refractivity contribution in [2.45, 2.75) is 26.2 Å². The first-order valence-corrected chi connectivity index (χ1v) is 5.80. The Hall–Kier alpha value is -0.880. The van der Waals surface area contributed by atoms with Gasteiger partial charge in [-0.1, -0.05) is 11.6 Å². The third kappa shape index (κ3) is 3.81. The third-order valence-corrected chi connectivity index (χ3v) is 2.36. The molecule has 0 aromatic carbocycles. The normalized spacial score (nSPS) is 13.0. The van der Waals surface area contributed by atoms with Crippen molar-refractivity contribution in [1.29, 1.82) is 0 Å². The van der Waals surface area contributed by atoms with Crippen molar-refractivity contribution in [3.05, 3.63) is 22.8 Å². The summed E-state index contributed by atoms with van der Waals surface area (Å²) < 4.78 is 10.6. The Balaban J connectivity index is 2.91. The molecule has 1 aromatic rings. The molecule has 0 aliphatic rings. The minimum Gasteiger partial charge on any atom is -0.383 e. The first-order valence-electron chi connectivity index (χ1n) is 5.42. The molecule has 0 amide bonds. The highest BCUT2D eigenvalue weighted by Crippen LogP contribution is 2.26. The van der Waals surface area contributed by atoms with E-state index in [2.05, 4.69) is 4.98 Å². The molecule has 17 heavy (non-hydrogen) atoms. The number of aromatic nitrogens is 1. The summed E-state index contributed by atoms with van der Waals surface area (Å²) in [7, 11) is 0. The standard InChI is InChI=1S/C11H17ClN2O3/c1-3-16-11(17-4-2)9(15)8-5-7(12)6-14-10(8)13/h5-6,9,11,15H,3-4H2,1-2H3,(H2,13,14). The van der Waals surface area contributed by atoms with Gasteiger partial charge >= 0.3 is 0 Å². The molecule has 6 heteroatoms. The van der Waals surface area contributed by atoms with Crippen LogP contribution >= 0.6 is 11.6 Å². The van der Waals surface area contributed by atoms with E-state index in [4.69, 9.17) is 26.8 Å². The SMILES string of the molecule is CCOC(OCC)C(O)c1cc(Cl)cnc1N. The van der Waals surface area contributed by atoms with E-state index >= 15 is 0 Å². The quantitative estimate of drug-likeness (QED) is 0.762. The van der Waals surface area contributed by atoms with Crippen molar-refractivity contribution in [2.24, 2.45) is 0 Å². The van der Waals surface area contributed by atoms with E-state index in [1.807, 2.05) is 13.8 Å². The largest absolute Gasteiger partial charge is 0.383 e. The molecule has 1 unspecified atom stereocenters. The van der Waals surface area contributed by atoms with Crippen LogP contribution in [0.25, 0.3) is 0 Å². The van der Waals surface area contributed by atoms with E-state index in [0.29, 0.717) is 23.8 Å². The van der Waals surface area contributed by atoms with Gasteiger partial charge in [0.15, 0.2) is 6.29 Å². The average Bonchev–Trinajstić information content (AvgIpc) is 2.31. The van der Waals surface area contributed by atoms with Crippen molar-refractivity contribution in [1.82, 2.24) is 4.98 Å². The van der Waals surface area contributed by atoms with Gasteiger partial charge < -0.3 is 20.3 Å². The van der Waals surface area contributed by atoms with E-state index < -0.39 is 12.4 Å². The maximum Gasteiger partial charge on any atom is 0.187 e. The van der Waals surface area contributed by atoms with Gasteiger partial charge in [0.2, 0.25) is 0 Å². The number of anilines is 1. The predicted octanol–water partition coefficient (Wildman–Crippen LogP) is 1.75. The third-order valence-electron chi connectivity index (χ3n) is 2.15. The van der Waals surface area contributed by atoms with E-state index in [1.165, 1.54) is 6.20 Å². The number of pyridine rings is 1. The second-order valence-electron chi connectivity index (χ2n) is 3.35. The molecule has 0 aliphatic heterocycles. The fraction of sp³-hybridized carbons (Fsp3) is 0.545. The van der Waals surface area contributed by atoms with Crippen molar-refractivity contribution in [3.8, 4) is 0 Å². The van der Waals surface area contributed by atoms with Crippen molar-refractivity contribution in [2.75, 3.05) is 18.9 Å². The number of hydrogen-bond acceptors (Lipinski definition) is 5. The maximum atomic E-state index is 10.1. The summed E-state index contributed by atoms with van der Waals surface area (Å²) in [6, 6.07) is 1.56. The van der Waals surface area contributed by atoms with Gasteiger partial charge in [0.05, 0.1) is 5.02 Å². The van der Waals surface area contributed by atoms with Gasteiger partial charge in [0, 0.05) is 25.0 Å². The molecule has 1 rings (SSSR count). The number of aliphatic hydroxyl groups is 1. The topological polar surface area (TPSA) is 77.6 Å². The zero-order chi connectivity index (χ0) is 12.8. The molecule has 0 aliphatic carbocycles. The van der Waals surface area contributed by atoms with Gasteiger partial charge in [-0.25, -0.2) is 4.98 Å². The fourth-order valence-corrected chi connectivity index (χ4v) is 1.57. The molecule has 0 saturated heterocycles. The summed E-state index contributed by atoms with van der Waals surface area (Å²) in [5.74, 6) is 0.214. The second kappa shape index (κ2) is 6.76. The number of ether oxygens (including phenoxy) is 2. The van der Waals surface area contributed by atoms with Crippen LogP contribution in [0.5, 0.6) is 0 Å². The predicted molar refractivity (Wildman–Crippen MR) is 65.7 cm³/mol. The van der Waals surface area contributed by atoms with Crippen LogP contribution < -0.4 is 5.73 Å². The van der Waals surface area contributed by atoms with Gasteiger partial charge in [0.25, 0.3) is 0 Å². The lowest BCUT2D eigenvalue weighted by Gasteiger charge is -2.23. The Morgan fingerprint density at radius 1 is 1.41 bits per heavy atom. The Kier molecular flexibility index (Phi) is 5.64. The summed E-state index contributed by atoms with van der Waals surface area (Å²) in [6.07, 6.45) is -0.364. The van der Waals surface area contributed by atoms with E-state index in [9.17, 15) is 5.11 Å². The second-order valence-corrected chi connectivity index (χ2v) is 3.79. The van der Waals surface area contributed by atoms with Gasteiger partial charge in [-0.15, -0.1) is 0 Å². The molecule has 0 radical (unpaired) electrons. The zero-order valence-corrected chi connectivity index (χ0v) is 10.6. The van der Waals surface area contributed by atoms with Gasteiger partial charge in [-0.2, -0.15) is 0 Å². The van der Waals surface area contributed by atoms with Crippen molar-refractivity contribution >= 4 is 17.4 Å². The molecular formula is C11H17ClN2O3. The van der Waals surface area contributed by atoms with Crippen LogP contribution in [-0.4, -0.2) is 29.6 Å². The smallest absolute Gasteiger partial charge is 0.187 e. The number of nitrogens with two attached hydrogens (primary N) is 1. The van der Waals surface area contributed by atoms with Crippen LogP contribution in [0.15, 0.2) is 12.3 Å². The highest BCUT2D eigenvalue weighted by atomic mass is 35.5. The van der Waals surface area contributed by atoms with Crippen LogP contribution in [0, 0.1) is 0 Å². The van der Waals surface area contributed by atoms with Crippen LogP contribution in [0.3, 0.4) is 0 Å². The molecule has 0 bridgehead atoms. The van der Waals surface area contributed by atoms with E-state index in [-0.39, 0.29) is 5.82 Å². The number of nitrogen functional groups attached to an aromatic ring is 1. The summed E-state index contributed by atoms with van der Waals surface area (Å²) >= 11 is 5.81. The lowest BCUT2D eigenvalue weighted by atomic mass is 10.1. The Labute approximate surface area is 106 Å². The Morgan fingerprint density at radius 2 is 2.00 bits per heavy atom. The highest BCUT2D eigenvalue weighted by molar-refractivity contribution is 6.30. The first kappa shape index (κ1) is 14.2. The Morgan fingerprint density at radius 3 is 2.53 bits per heavy atom. The van der Waals surface area contributed by atoms with Gasteiger partial charge in [0.1, 0.15) is 11.9 Å². The van der Waals surface area contributed by atoms with Crippen LogP contribution in [-0.2, 0) is 9.47 Å². The van der Waals surface area contributed by atoms with Crippen molar-refractivity contribution in [3.63, 3.8) is 0 Å². The van der Waals surface area contributed by atoms with Crippen molar-refractivity contribution < 1.29 is 14.6 Å². The lowest BCUT2D eigenvalue weighted by molar-refractivity contribution is -0.191. The van der Waals surface area contributed by atoms with Gasteiger partial charge in [-0.05, 0) is 19.9 Å². The summed E-state index contributed by atoms with van der Waals surface area (Å²) in [4.78, 5) is 3.88. The number of hydrogen-bond donors (Lipinski definition) is 2. The highest BCUT2D eigenvalue weighted by Gasteiger charge is 2.24. The minimum atomic E-state index is -1.01. The molecule has 1 heterocycles. The molecule has 3 N–H and O–H groups in total. The van der Waals surface area contributed by atoms with E-state index in [0.717, 1.165) is 0 Å². The molecular weight excluding hydrogens is 244 g/mol. The lowest BCUT2D eigenvalue weighted by Crippen LogP contribution is -2.26. The number of halogens is 1. The molecule has 0 saturated carbocycles. The van der Waals surface area contributed by atoms with Crippen LogP contribution in [0.4, 0.5) is 5.82 Å². The Bertz CT molecular complexity index is 357. The van der Waals surface area contributed by atoms with Gasteiger partial charge in [-0.3, -0.25) is 0 Å². The summed E-state index contributed by atoms with van der Waals surface area (Å²) in [5.41, 5.74) is 6.09. The monoisotopic (exact) mass is 260 g/mol. The average molecular weight is 261 g/mol. The molecule has 0 spiro atoms.